The molecule has 1 saturated carbocycles. The highest BCUT2D eigenvalue weighted by Gasteiger charge is 2.24. The molecule has 0 aromatic carbocycles. The first-order chi connectivity index (χ1) is 8.31. The van der Waals surface area contributed by atoms with Gasteiger partial charge in [0.05, 0.1) is 0 Å². The molecule has 102 valence electrons. The highest BCUT2D eigenvalue weighted by atomic mass is 35.5. The van der Waals surface area contributed by atoms with Crippen molar-refractivity contribution in [1.82, 2.24) is 10.5 Å². The van der Waals surface area contributed by atoms with Crippen LogP contribution in [0.15, 0.2) is 16.9 Å². The average molecular weight is 274 g/mol. The lowest BCUT2D eigenvalue weighted by Gasteiger charge is -2.29. The van der Waals surface area contributed by atoms with Gasteiger partial charge in [-0.15, -0.1) is 12.4 Å². The topological polar surface area (TPSA) is 81.1 Å². The Labute approximate surface area is 113 Å². The van der Waals surface area contributed by atoms with Crippen molar-refractivity contribution >= 4 is 18.3 Å². The maximum atomic E-state index is 11.8. The monoisotopic (exact) mass is 273 g/mol. The molecule has 18 heavy (non-hydrogen) atoms. The first-order valence-corrected chi connectivity index (χ1v) is 6.22. The van der Waals surface area contributed by atoms with E-state index >= 15 is 0 Å². The second-order valence-corrected chi connectivity index (χ2v) is 4.60. The summed E-state index contributed by atoms with van der Waals surface area (Å²) in [5.74, 6) is 0.310. The molecule has 1 fully saturated rings. The van der Waals surface area contributed by atoms with E-state index in [9.17, 15) is 4.79 Å². The third kappa shape index (κ3) is 3.71. The zero-order chi connectivity index (χ0) is 12.1. The predicted octanol–water partition coefficient (Wildman–Crippen LogP) is 1.73. The van der Waals surface area contributed by atoms with Gasteiger partial charge in [0.1, 0.15) is 6.26 Å². The van der Waals surface area contributed by atoms with E-state index in [0.29, 0.717) is 18.2 Å². The van der Waals surface area contributed by atoms with Crippen LogP contribution in [0.2, 0.25) is 0 Å². The molecule has 0 radical (unpaired) electrons. The van der Waals surface area contributed by atoms with Crippen LogP contribution in [0.4, 0.5) is 0 Å². The number of carbonyl (C=O) groups excluding carboxylic acids is 1. The van der Waals surface area contributed by atoms with E-state index in [1.807, 2.05) is 0 Å². The molecular weight excluding hydrogens is 254 g/mol. The number of rotatable bonds is 4. The molecular formula is C12H20ClN3O2. The third-order valence-electron chi connectivity index (χ3n) is 3.46. The molecule has 1 aliphatic rings. The minimum absolute atomic E-state index is 0. The van der Waals surface area contributed by atoms with Crippen molar-refractivity contribution in [1.29, 1.82) is 0 Å². The van der Waals surface area contributed by atoms with E-state index in [1.165, 1.54) is 25.5 Å². The average Bonchev–Trinajstić information content (AvgIpc) is 2.90. The van der Waals surface area contributed by atoms with Crippen molar-refractivity contribution in [2.75, 3.05) is 6.54 Å². The van der Waals surface area contributed by atoms with Crippen LogP contribution in [0.3, 0.4) is 0 Å². The number of hydrogen-bond acceptors (Lipinski definition) is 4. The number of amides is 1. The zero-order valence-corrected chi connectivity index (χ0v) is 11.1. The first-order valence-electron chi connectivity index (χ1n) is 6.22. The normalized spacial score (nSPS) is 17.8. The van der Waals surface area contributed by atoms with Gasteiger partial charge in [-0.05, 0) is 18.8 Å². The number of nitrogens with one attached hydrogen (secondary N) is 1. The van der Waals surface area contributed by atoms with Crippen LogP contribution in [0.25, 0.3) is 0 Å². The standard InChI is InChI=1S/C12H19N3O2.ClH/c13-8-11(9-4-2-1-3-5-9)14-12(16)10-6-7-17-15-10;/h6-7,9,11H,1-5,8,13H2,(H,14,16);1H. The van der Waals surface area contributed by atoms with E-state index in [4.69, 9.17) is 5.73 Å². The van der Waals surface area contributed by atoms with E-state index in [1.54, 1.807) is 6.07 Å². The highest BCUT2D eigenvalue weighted by molar-refractivity contribution is 5.92. The van der Waals surface area contributed by atoms with Crippen molar-refractivity contribution in [2.24, 2.45) is 11.7 Å². The van der Waals surface area contributed by atoms with Crippen LogP contribution >= 0.6 is 12.4 Å². The molecule has 1 atom stereocenters. The molecule has 1 heterocycles. The molecule has 0 bridgehead atoms. The summed E-state index contributed by atoms with van der Waals surface area (Å²) in [7, 11) is 0. The minimum Gasteiger partial charge on any atom is -0.364 e. The molecule has 5 nitrogen and oxygen atoms in total. The molecule has 1 unspecified atom stereocenters. The summed E-state index contributed by atoms with van der Waals surface area (Å²) in [6.45, 7) is 0.480. The number of carbonyl (C=O) groups is 1. The van der Waals surface area contributed by atoms with Gasteiger partial charge in [0, 0.05) is 18.7 Å². The van der Waals surface area contributed by atoms with Gasteiger partial charge in [-0.25, -0.2) is 0 Å². The van der Waals surface area contributed by atoms with Crippen LogP contribution in [0.1, 0.15) is 42.6 Å². The van der Waals surface area contributed by atoms with Crippen molar-refractivity contribution in [3.05, 3.63) is 18.0 Å². The molecule has 1 aromatic rings. The van der Waals surface area contributed by atoms with Gasteiger partial charge in [0.15, 0.2) is 5.69 Å². The van der Waals surface area contributed by atoms with Gasteiger partial charge in [-0.1, -0.05) is 24.4 Å². The summed E-state index contributed by atoms with van der Waals surface area (Å²) in [5, 5.41) is 6.57. The second kappa shape index (κ2) is 7.38. The Morgan fingerprint density at radius 3 is 2.78 bits per heavy atom. The summed E-state index contributed by atoms with van der Waals surface area (Å²) in [5.41, 5.74) is 6.07. The fourth-order valence-electron chi connectivity index (χ4n) is 2.48. The van der Waals surface area contributed by atoms with Gasteiger partial charge >= 0.3 is 0 Å². The summed E-state index contributed by atoms with van der Waals surface area (Å²) in [4.78, 5) is 11.8. The molecule has 6 heteroatoms. The molecule has 1 amide bonds. The van der Waals surface area contributed by atoms with Crippen LogP contribution in [0, 0.1) is 5.92 Å². The maximum Gasteiger partial charge on any atom is 0.273 e. The zero-order valence-electron chi connectivity index (χ0n) is 10.3. The SMILES string of the molecule is Cl.NCC(NC(=O)c1ccon1)C1CCCCC1. The van der Waals surface area contributed by atoms with E-state index < -0.39 is 0 Å². The minimum atomic E-state index is -0.195. The van der Waals surface area contributed by atoms with Gasteiger partial charge in [0.2, 0.25) is 0 Å². The fourth-order valence-corrected chi connectivity index (χ4v) is 2.48. The van der Waals surface area contributed by atoms with Gasteiger partial charge in [-0.2, -0.15) is 0 Å². The second-order valence-electron chi connectivity index (χ2n) is 4.60. The fraction of sp³-hybridized carbons (Fsp3) is 0.667. The molecule has 1 aromatic heterocycles. The van der Waals surface area contributed by atoms with E-state index in [2.05, 4.69) is 15.0 Å². The van der Waals surface area contributed by atoms with Crippen LogP contribution in [-0.4, -0.2) is 23.7 Å². The number of nitrogens with two attached hydrogens (primary N) is 1. The number of nitrogens with zero attached hydrogens (tertiary/aromatic N) is 1. The quantitative estimate of drug-likeness (QED) is 0.875. The lowest BCUT2D eigenvalue weighted by molar-refractivity contribution is 0.0906. The lowest BCUT2D eigenvalue weighted by atomic mass is 9.84. The summed E-state index contributed by atoms with van der Waals surface area (Å²) < 4.78 is 4.65. The van der Waals surface area contributed by atoms with Gasteiger partial charge < -0.3 is 15.6 Å². The molecule has 0 spiro atoms. The van der Waals surface area contributed by atoms with E-state index in [0.717, 1.165) is 12.8 Å². The van der Waals surface area contributed by atoms with Crippen molar-refractivity contribution < 1.29 is 9.32 Å². The first kappa shape index (κ1) is 15.0. The smallest absolute Gasteiger partial charge is 0.273 e. The predicted molar refractivity (Wildman–Crippen MR) is 70.6 cm³/mol. The summed E-state index contributed by atoms with van der Waals surface area (Å²) in [6.07, 6.45) is 7.47. The van der Waals surface area contributed by atoms with Gasteiger partial charge in [0.25, 0.3) is 5.91 Å². The molecule has 0 saturated heterocycles. The third-order valence-corrected chi connectivity index (χ3v) is 3.46. The molecule has 0 aliphatic heterocycles. The van der Waals surface area contributed by atoms with Gasteiger partial charge in [-0.3, -0.25) is 4.79 Å². The lowest BCUT2D eigenvalue weighted by Crippen LogP contribution is -2.46. The molecule has 2 rings (SSSR count). The Hall–Kier alpha value is -1.07. The van der Waals surface area contributed by atoms with Crippen molar-refractivity contribution in [2.45, 2.75) is 38.1 Å². The van der Waals surface area contributed by atoms with Crippen LogP contribution in [-0.2, 0) is 0 Å². The van der Waals surface area contributed by atoms with Crippen LogP contribution < -0.4 is 11.1 Å². The Balaban J connectivity index is 0.00000162. The number of halogens is 1. The molecule has 1 aliphatic carbocycles. The summed E-state index contributed by atoms with van der Waals surface area (Å²) in [6, 6.07) is 1.61. The maximum absolute atomic E-state index is 11.8. The van der Waals surface area contributed by atoms with E-state index in [-0.39, 0.29) is 24.4 Å². The highest BCUT2D eigenvalue weighted by Crippen LogP contribution is 2.26. The Morgan fingerprint density at radius 1 is 1.50 bits per heavy atom. The summed E-state index contributed by atoms with van der Waals surface area (Å²) >= 11 is 0. The van der Waals surface area contributed by atoms with Crippen LogP contribution in [0.5, 0.6) is 0 Å². The van der Waals surface area contributed by atoms with Crippen molar-refractivity contribution in [3.8, 4) is 0 Å². The number of hydrogen-bond donors (Lipinski definition) is 2. The van der Waals surface area contributed by atoms with Crippen molar-refractivity contribution in [3.63, 3.8) is 0 Å². The Kier molecular flexibility index (Phi) is 6.15. The Morgan fingerprint density at radius 2 is 2.22 bits per heavy atom. The Bertz CT molecular complexity index is 350. The molecule has 3 N–H and O–H groups in total. The largest absolute Gasteiger partial charge is 0.364 e. The number of aromatic nitrogens is 1.